The van der Waals surface area contributed by atoms with Crippen LogP contribution in [-0.2, 0) is 0 Å². The first kappa shape index (κ1) is 14.1. The summed E-state index contributed by atoms with van der Waals surface area (Å²) in [4.78, 5) is 16.8. The van der Waals surface area contributed by atoms with Crippen molar-refractivity contribution in [2.75, 3.05) is 34.2 Å². The maximum Gasteiger partial charge on any atom is 0.253 e. The molecule has 1 aromatic rings. The number of thiol groups is 1. The van der Waals surface area contributed by atoms with Gasteiger partial charge >= 0.3 is 0 Å². The summed E-state index contributed by atoms with van der Waals surface area (Å²) in [6, 6.07) is 5.65. The zero-order valence-corrected chi connectivity index (χ0v) is 11.8. The minimum absolute atomic E-state index is 0.0558. The zero-order valence-electron chi connectivity index (χ0n) is 10.9. The Bertz CT molecular complexity index is 404. The highest BCUT2D eigenvalue weighted by Crippen LogP contribution is 2.15. The quantitative estimate of drug-likeness (QED) is 0.828. The predicted molar refractivity (Wildman–Crippen MR) is 73.9 cm³/mol. The molecule has 1 rings (SSSR count). The minimum Gasteiger partial charge on any atom is -0.340 e. The Morgan fingerprint density at radius 3 is 2.47 bits per heavy atom. The molecule has 0 spiro atoms. The molecule has 0 aliphatic rings. The summed E-state index contributed by atoms with van der Waals surface area (Å²) in [5.74, 6) is 0.0558. The molecule has 0 aromatic heterocycles. The number of hydrogen-bond donors (Lipinski definition) is 1. The minimum atomic E-state index is 0.0558. The maximum atomic E-state index is 12.2. The molecule has 0 unspecified atom stereocenters. The van der Waals surface area contributed by atoms with Gasteiger partial charge in [0.25, 0.3) is 5.91 Å². The van der Waals surface area contributed by atoms with E-state index < -0.39 is 0 Å². The van der Waals surface area contributed by atoms with Gasteiger partial charge in [-0.2, -0.15) is 0 Å². The smallest absolute Gasteiger partial charge is 0.253 e. The van der Waals surface area contributed by atoms with Crippen LogP contribution in [0.3, 0.4) is 0 Å². The number of nitrogens with zero attached hydrogens (tertiary/aromatic N) is 2. The van der Waals surface area contributed by atoms with E-state index in [1.54, 1.807) is 4.90 Å². The highest BCUT2D eigenvalue weighted by molar-refractivity contribution is 7.80. The van der Waals surface area contributed by atoms with Crippen molar-refractivity contribution in [1.82, 2.24) is 9.80 Å². The van der Waals surface area contributed by atoms with Crippen LogP contribution in [0.25, 0.3) is 0 Å². The number of benzene rings is 1. The Morgan fingerprint density at radius 2 is 1.88 bits per heavy atom. The molecular formula is C13H20N2OS. The first-order valence-electron chi connectivity index (χ1n) is 5.61. The Hall–Kier alpha value is -1.00. The van der Waals surface area contributed by atoms with E-state index in [1.807, 2.05) is 46.3 Å². The highest BCUT2D eigenvalue weighted by atomic mass is 32.1. The molecule has 0 saturated heterocycles. The van der Waals surface area contributed by atoms with Crippen LogP contribution in [0.4, 0.5) is 0 Å². The molecule has 0 heterocycles. The molecule has 0 saturated carbocycles. The largest absolute Gasteiger partial charge is 0.340 e. The second kappa shape index (κ2) is 6.07. The van der Waals surface area contributed by atoms with Crippen molar-refractivity contribution in [2.45, 2.75) is 11.8 Å². The number of rotatable bonds is 4. The fourth-order valence-corrected chi connectivity index (χ4v) is 1.70. The molecule has 1 aromatic carbocycles. The van der Waals surface area contributed by atoms with E-state index in [0.29, 0.717) is 0 Å². The highest BCUT2D eigenvalue weighted by Gasteiger charge is 2.14. The second-order valence-electron chi connectivity index (χ2n) is 4.53. The lowest BCUT2D eigenvalue weighted by Crippen LogP contribution is -2.33. The lowest BCUT2D eigenvalue weighted by atomic mass is 10.1. The molecule has 17 heavy (non-hydrogen) atoms. The summed E-state index contributed by atoms with van der Waals surface area (Å²) in [5, 5.41) is 0. The van der Waals surface area contributed by atoms with Crippen molar-refractivity contribution in [3.8, 4) is 0 Å². The summed E-state index contributed by atoms with van der Waals surface area (Å²) in [6.45, 7) is 3.53. The lowest BCUT2D eigenvalue weighted by molar-refractivity contribution is 0.0785. The summed E-state index contributed by atoms with van der Waals surface area (Å²) < 4.78 is 0. The average molecular weight is 252 g/mol. The number of carbonyl (C=O) groups is 1. The van der Waals surface area contributed by atoms with Crippen LogP contribution in [0.2, 0.25) is 0 Å². The van der Waals surface area contributed by atoms with Gasteiger partial charge in [-0.3, -0.25) is 4.79 Å². The Kier molecular flexibility index (Phi) is 5.02. The zero-order chi connectivity index (χ0) is 13.0. The van der Waals surface area contributed by atoms with E-state index in [4.69, 9.17) is 0 Å². The number of aryl methyl sites for hydroxylation is 1. The Morgan fingerprint density at radius 1 is 1.24 bits per heavy atom. The van der Waals surface area contributed by atoms with Crippen LogP contribution in [-0.4, -0.2) is 49.9 Å². The lowest BCUT2D eigenvalue weighted by Gasteiger charge is -2.20. The summed E-state index contributed by atoms with van der Waals surface area (Å²) in [5.41, 5.74) is 1.73. The van der Waals surface area contributed by atoms with Crippen LogP contribution in [0.5, 0.6) is 0 Å². The molecule has 1 amide bonds. The van der Waals surface area contributed by atoms with Gasteiger partial charge in [-0.05, 0) is 38.7 Å². The molecule has 0 aliphatic carbocycles. The normalized spacial score (nSPS) is 10.7. The SMILES string of the molecule is Cc1ccc(S)cc1C(=O)N(C)CCN(C)C. The van der Waals surface area contributed by atoms with Crippen molar-refractivity contribution in [1.29, 1.82) is 0 Å². The van der Waals surface area contributed by atoms with Gasteiger partial charge in [0.15, 0.2) is 0 Å². The van der Waals surface area contributed by atoms with Crippen molar-refractivity contribution in [2.24, 2.45) is 0 Å². The third-order valence-electron chi connectivity index (χ3n) is 2.68. The van der Waals surface area contributed by atoms with Gasteiger partial charge in [0, 0.05) is 30.6 Å². The van der Waals surface area contributed by atoms with E-state index in [1.165, 1.54) is 0 Å². The number of hydrogen-bond acceptors (Lipinski definition) is 3. The van der Waals surface area contributed by atoms with Crippen LogP contribution in [0.1, 0.15) is 15.9 Å². The number of amides is 1. The second-order valence-corrected chi connectivity index (χ2v) is 5.05. The molecule has 0 fully saturated rings. The Labute approximate surface area is 109 Å². The van der Waals surface area contributed by atoms with Crippen LogP contribution in [0, 0.1) is 6.92 Å². The van der Waals surface area contributed by atoms with Crippen molar-refractivity contribution < 1.29 is 4.79 Å². The fraction of sp³-hybridized carbons (Fsp3) is 0.462. The molecule has 4 heteroatoms. The van der Waals surface area contributed by atoms with Gasteiger partial charge < -0.3 is 9.80 Å². The van der Waals surface area contributed by atoms with E-state index in [9.17, 15) is 4.79 Å². The summed E-state index contributed by atoms with van der Waals surface area (Å²) >= 11 is 4.27. The van der Waals surface area contributed by atoms with E-state index in [2.05, 4.69) is 17.5 Å². The van der Waals surface area contributed by atoms with E-state index in [-0.39, 0.29) is 5.91 Å². The fourth-order valence-electron chi connectivity index (χ4n) is 1.50. The van der Waals surface area contributed by atoms with Crippen LogP contribution < -0.4 is 0 Å². The van der Waals surface area contributed by atoms with Gasteiger partial charge in [-0.25, -0.2) is 0 Å². The van der Waals surface area contributed by atoms with Crippen LogP contribution in [0.15, 0.2) is 23.1 Å². The molecule has 0 radical (unpaired) electrons. The molecular weight excluding hydrogens is 232 g/mol. The molecule has 0 N–H and O–H groups in total. The van der Waals surface area contributed by atoms with E-state index in [0.717, 1.165) is 29.1 Å². The van der Waals surface area contributed by atoms with Gasteiger partial charge in [0.2, 0.25) is 0 Å². The first-order valence-corrected chi connectivity index (χ1v) is 6.06. The molecule has 3 nitrogen and oxygen atoms in total. The predicted octanol–water partition coefficient (Wildman–Crippen LogP) is 1.92. The van der Waals surface area contributed by atoms with Gasteiger partial charge in [0.1, 0.15) is 0 Å². The van der Waals surface area contributed by atoms with Crippen molar-refractivity contribution in [3.63, 3.8) is 0 Å². The summed E-state index contributed by atoms with van der Waals surface area (Å²) in [7, 11) is 5.83. The molecule has 0 aliphatic heterocycles. The first-order chi connectivity index (χ1) is 7.91. The van der Waals surface area contributed by atoms with E-state index >= 15 is 0 Å². The standard InChI is InChI=1S/C13H20N2OS/c1-10-5-6-11(17)9-12(10)13(16)15(4)8-7-14(2)3/h5-6,9,17H,7-8H2,1-4H3. The van der Waals surface area contributed by atoms with Gasteiger partial charge in [-0.1, -0.05) is 6.07 Å². The Balaban J connectivity index is 2.78. The molecule has 0 atom stereocenters. The third kappa shape index (κ3) is 4.06. The average Bonchev–Trinajstić information content (AvgIpc) is 2.28. The molecule has 94 valence electrons. The summed E-state index contributed by atoms with van der Waals surface area (Å²) in [6.07, 6.45) is 0. The van der Waals surface area contributed by atoms with Crippen LogP contribution >= 0.6 is 12.6 Å². The third-order valence-corrected chi connectivity index (χ3v) is 2.96. The van der Waals surface area contributed by atoms with Crippen molar-refractivity contribution in [3.05, 3.63) is 29.3 Å². The maximum absolute atomic E-state index is 12.2. The van der Waals surface area contributed by atoms with Gasteiger partial charge in [-0.15, -0.1) is 12.6 Å². The monoisotopic (exact) mass is 252 g/mol. The van der Waals surface area contributed by atoms with Gasteiger partial charge in [0.05, 0.1) is 0 Å². The topological polar surface area (TPSA) is 23.6 Å². The molecule has 0 bridgehead atoms. The van der Waals surface area contributed by atoms with Crippen molar-refractivity contribution >= 4 is 18.5 Å². The number of likely N-dealkylation sites (N-methyl/N-ethyl adjacent to an activating group) is 2. The number of carbonyl (C=O) groups excluding carboxylic acids is 1.